The lowest BCUT2D eigenvalue weighted by Crippen LogP contribution is -2.33. The Bertz CT molecular complexity index is 753. The summed E-state index contributed by atoms with van der Waals surface area (Å²) in [5.74, 6) is 0.736. The van der Waals surface area contributed by atoms with Crippen molar-refractivity contribution >= 4 is 0 Å². The summed E-state index contributed by atoms with van der Waals surface area (Å²) in [5, 5.41) is 9.23. The second-order valence-electron chi connectivity index (χ2n) is 7.29. The monoisotopic (exact) mass is 303 g/mol. The Labute approximate surface area is 140 Å². The van der Waals surface area contributed by atoms with Gasteiger partial charge in [-0.1, -0.05) is 61.7 Å². The van der Waals surface area contributed by atoms with Gasteiger partial charge in [0.05, 0.1) is 11.6 Å². The fraction of sp³-hybridized carbons (Fsp3) is 0.409. The lowest BCUT2D eigenvalue weighted by atomic mass is 9.62. The van der Waals surface area contributed by atoms with Gasteiger partial charge in [0.1, 0.15) is 0 Å². The van der Waals surface area contributed by atoms with Crippen molar-refractivity contribution < 1.29 is 0 Å². The van der Waals surface area contributed by atoms with Crippen molar-refractivity contribution in [3.05, 3.63) is 70.3 Å². The topological polar surface area (TPSA) is 23.8 Å². The second kappa shape index (κ2) is 6.20. The van der Waals surface area contributed by atoms with Crippen LogP contribution in [0.15, 0.2) is 42.5 Å². The molecule has 2 aromatic rings. The van der Waals surface area contributed by atoms with Gasteiger partial charge in [-0.15, -0.1) is 0 Å². The molecule has 0 amide bonds. The van der Waals surface area contributed by atoms with Crippen LogP contribution in [0, 0.1) is 31.1 Å². The predicted molar refractivity (Wildman–Crippen MR) is 95.5 cm³/mol. The second-order valence-corrected chi connectivity index (χ2v) is 7.29. The van der Waals surface area contributed by atoms with Crippen LogP contribution in [-0.4, -0.2) is 0 Å². The van der Waals surface area contributed by atoms with E-state index in [1.165, 1.54) is 42.4 Å². The Hall–Kier alpha value is -2.07. The van der Waals surface area contributed by atoms with E-state index >= 15 is 0 Å². The minimum atomic E-state index is 0.0996. The molecule has 2 atom stereocenters. The molecule has 0 saturated heterocycles. The molecule has 0 N–H and O–H groups in total. The standard InChI is InChI=1S/C22H25N/c1-16-6-4-8-20(12-16)22(11-5-7-17(2)14-22)21-10-9-19(15-23)18(3)13-21/h4,6,8-10,12-13,17H,5,7,11,14H2,1-3H3. The van der Waals surface area contributed by atoms with Gasteiger partial charge in [0.2, 0.25) is 0 Å². The number of nitrogens with zero attached hydrogens (tertiary/aromatic N) is 1. The van der Waals surface area contributed by atoms with Crippen LogP contribution in [0.25, 0.3) is 0 Å². The zero-order chi connectivity index (χ0) is 16.4. The molecule has 1 saturated carbocycles. The smallest absolute Gasteiger partial charge is 0.0994 e. The molecule has 0 heterocycles. The Kier molecular flexibility index (Phi) is 4.26. The summed E-state index contributed by atoms with van der Waals surface area (Å²) < 4.78 is 0. The van der Waals surface area contributed by atoms with E-state index in [9.17, 15) is 5.26 Å². The molecule has 0 spiro atoms. The summed E-state index contributed by atoms with van der Waals surface area (Å²) in [6, 6.07) is 17.7. The summed E-state index contributed by atoms with van der Waals surface area (Å²) >= 11 is 0. The number of nitriles is 1. The highest BCUT2D eigenvalue weighted by atomic mass is 14.4. The van der Waals surface area contributed by atoms with E-state index in [0.29, 0.717) is 0 Å². The predicted octanol–water partition coefficient (Wildman–Crippen LogP) is 5.67. The first kappa shape index (κ1) is 15.8. The van der Waals surface area contributed by atoms with Crippen LogP contribution in [0.3, 0.4) is 0 Å². The molecule has 1 aliphatic carbocycles. The molecule has 0 radical (unpaired) electrons. The summed E-state index contributed by atoms with van der Waals surface area (Å²) in [6.07, 6.45) is 4.99. The van der Waals surface area contributed by atoms with Gasteiger partial charge in [-0.2, -0.15) is 5.26 Å². The van der Waals surface area contributed by atoms with E-state index in [2.05, 4.69) is 63.2 Å². The Morgan fingerprint density at radius 1 is 1.09 bits per heavy atom. The minimum Gasteiger partial charge on any atom is -0.192 e. The Morgan fingerprint density at radius 2 is 1.87 bits per heavy atom. The zero-order valence-electron chi connectivity index (χ0n) is 14.4. The molecule has 0 bridgehead atoms. The number of benzene rings is 2. The SMILES string of the molecule is Cc1cccc(C2(c3ccc(C#N)c(C)c3)CCCC(C)C2)c1. The highest BCUT2D eigenvalue weighted by molar-refractivity contribution is 5.47. The summed E-state index contributed by atoms with van der Waals surface area (Å²) in [7, 11) is 0. The largest absolute Gasteiger partial charge is 0.192 e. The molecule has 118 valence electrons. The molecule has 1 fully saturated rings. The fourth-order valence-corrected chi connectivity index (χ4v) is 4.27. The van der Waals surface area contributed by atoms with Gasteiger partial charge in [0, 0.05) is 5.41 Å². The maximum atomic E-state index is 9.23. The summed E-state index contributed by atoms with van der Waals surface area (Å²) in [4.78, 5) is 0. The van der Waals surface area contributed by atoms with Gasteiger partial charge in [-0.05, 0) is 55.4 Å². The first-order chi connectivity index (χ1) is 11.0. The third-order valence-corrected chi connectivity index (χ3v) is 5.47. The van der Waals surface area contributed by atoms with E-state index in [4.69, 9.17) is 0 Å². The first-order valence-electron chi connectivity index (χ1n) is 8.63. The van der Waals surface area contributed by atoms with Crippen LogP contribution in [-0.2, 0) is 5.41 Å². The molecule has 3 rings (SSSR count). The van der Waals surface area contributed by atoms with E-state index in [1.807, 2.05) is 6.07 Å². The van der Waals surface area contributed by atoms with Gasteiger partial charge in [-0.3, -0.25) is 0 Å². The van der Waals surface area contributed by atoms with Crippen molar-refractivity contribution in [2.75, 3.05) is 0 Å². The maximum absolute atomic E-state index is 9.23. The zero-order valence-corrected chi connectivity index (χ0v) is 14.4. The third-order valence-electron chi connectivity index (χ3n) is 5.47. The van der Waals surface area contributed by atoms with E-state index < -0.39 is 0 Å². The van der Waals surface area contributed by atoms with E-state index in [1.54, 1.807) is 0 Å². The van der Waals surface area contributed by atoms with Crippen molar-refractivity contribution in [3.8, 4) is 6.07 Å². The van der Waals surface area contributed by atoms with Crippen LogP contribution in [0.2, 0.25) is 0 Å². The number of hydrogen-bond donors (Lipinski definition) is 0. The van der Waals surface area contributed by atoms with E-state index in [0.717, 1.165) is 17.0 Å². The molecule has 0 aromatic heterocycles. The van der Waals surface area contributed by atoms with Gasteiger partial charge >= 0.3 is 0 Å². The van der Waals surface area contributed by atoms with Crippen molar-refractivity contribution in [1.82, 2.24) is 0 Å². The van der Waals surface area contributed by atoms with Gasteiger partial charge in [0.15, 0.2) is 0 Å². The third kappa shape index (κ3) is 2.91. The van der Waals surface area contributed by atoms with Crippen molar-refractivity contribution in [3.63, 3.8) is 0 Å². The number of rotatable bonds is 2. The maximum Gasteiger partial charge on any atom is 0.0994 e. The molecule has 1 heteroatoms. The van der Waals surface area contributed by atoms with Crippen molar-refractivity contribution in [1.29, 1.82) is 5.26 Å². The average molecular weight is 303 g/mol. The number of hydrogen-bond acceptors (Lipinski definition) is 1. The molecular weight excluding hydrogens is 278 g/mol. The van der Waals surface area contributed by atoms with E-state index in [-0.39, 0.29) is 5.41 Å². The Morgan fingerprint density at radius 3 is 2.52 bits per heavy atom. The lowest BCUT2D eigenvalue weighted by Gasteiger charge is -2.41. The van der Waals surface area contributed by atoms with Crippen molar-refractivity contribution in [2.24, 2.45) is 5.92 Å². The number of aryl methyl sites for hydroxylation is 2. The van der Waals surface area contributed by atoms with Crippen LogP contribution < -0.4 is 0 Å². The fourth-order valence-electron chi connectivity index (χ4n) is 4.27. The summed E-state index contributed by atoms with van der Waals surface area (Å²) in [6.45, 7) is 6.60. The highest BCUT2D eigenvalue weighted by Gasteiger charge is 2.38. The first-order valence-corrected chi connectivity index (χ1v) is 8.63. The molecule has 2 aromatic carbocycles. The summed E-state index contributed by atoms with van der Waals surface area (Å²) in [5.41, 5.74) is 6.12. The van der Waals surface area contributed by atoms with Gasteiger partial charge in [-0.25, -0.2) is 0 Å². The van der Waals surface area contributed by atoms with Gasteiger partial charge in [0.25, 0.3) is 0 Å². The van der Waals surface area contributed by atoms with Crippen LogP contribution in [0.1, 0.15) is 60.4 Å². The lowest BCUT2D eigenvalue weighted by molar-refractivity contribution is 0.272. The Balaban J connectivity index is 2.16. The average Bonchev–Trinajstić information content (AvgIpc) is 2.54. The molecule has 0 aliphatic heterocycles. The molecule has 1 nitrogen and oxygen atoms in total. The van der Waals surface area contributed by atoms with Crippen LogP contribution in [0.5, 0.6) is 0 Å². The molecule has 1 aliphatic rings. The molecule has 23 heavy (non-hydrogen) atoms. The highest BCUT2D eigenvalue weighted by Crippen LogP contribution is 2.47. The normalized spacial score (nSPS) is 24.2. The quantitative estimate of drug-likeness (QED) is 0.701. The van der Waals surface area contributed by atoms with Crippen molar-refractivity contribution in [2.45, 2.75) is 51.9 Å². The molecule has 2 unspecified atom stereocenters. The van der Waals surface area contributed by atoms with Crippen LogP contribution >= 0.6 is 0 Å². The van der Waals surface area contributed by atoms with Crippen LogP contribution in [0.4, 0.5) is 0 Å². The van der Waals surface area contributed by atoms with Gasteiger partial charge < -0.3 is 0 Å². The molecular formula is C22H25N. The minimum absolute atomic E-state index is 0.0996.